The smallest absolute Gasteiger partial charge is 0.161 e. The average molecular weight is 361 g/mol. The maximum Gasteiger partial charge on any atom is 0.161 e. The summed E-state index contributed by atoms with van der Waals surface area (Å²) in [5.74, 6) is 0.653. The van der Waals surface area contributed by atoms with Gasteiger partial charge >= 0.3 is 0 Å². The van der Waals surface area contributed by atoms with Gasteiger partial charge in [-0.15, -0.1) is 11.8 Å². The van der Waals surface area contributed by atoms with Crippen molar-refractivity contribution in [3.63, 3.8) is 0 Å². The molecule has 0 fully saturated rings. The molecule has 0 atom stereocenters. The van der Waals surface area contributed by atoms with Gasteiger partial charge in [0.15, 0.2) is 5.78 Å². The SMILES string of the molecule is CC(=O)c1cc(C#N)c(SCc2cccc(Br)c2)nc1C. The summed E-state index contributed by atoms with van der Waals surface area (Å²) in [7, 11) is 0. The van der Waals surface area contributed by atoms with Crippen molar-refractivity contribution in [1.82, 2.24) is 4.98 Å². The molecule has 2 rings (SSSR count). The van der Waals surface area contributed by atoms with Crippen molar-refractivity contribution in [2.24, 2.45) is 0 Å². The Bertz CT molecular complexity index is 738. The van der Waals surface area contributed by atoms with Crippen LogP contribution in [0.15, 0.2) is 39.8 Å². The summed E-state index contributed by atoms with van der Waals surface area (Å²) in [6.45, 7) is 3.28. The number of aryl methyl sites for hydroxylation is 1. The molecule has 2 aromatic rings. The summed E-state index contributed by atoms with van der Waals surface area (Å²) in [5, 5.41) is 9.90. The molecule has 0 spiro atoms. The summed E-state index contributed by atoms with van der Waals surface area (Å²) in [6.07, 6.45) is 0. The lowest BCUT2D eigenvalue weighted by Crippen LogP contribution is -2.02. The molecule has 21 heavy (non-hydrogen) atoms. The van der Waals surface area contributed by atoms with Gasteiger partial charge in [-0.05, 0) is 37.6 Å². The van der Waals surface area contributed by atoms with Crippen LogP contribution in [0.4, 0.5) is 0 Å². The minimum absolute atomic E-state index is 0.0694. The van der Waals surface area contributed by atoms with Crippen molar-refractivity contribution < 1.29 is 4.79 Å². The molecule has 0 aliphatic heterocycles. The van der Waals surface area contributed by atoms with Crippen LogP contribution in [-0.2, 0) is 5.75 Å². The predicted molar refractivity (Wildman–Crippen MR) is 87.4 cm³/mol. The molecule has 1 heterocycles. The number of hydrogen-bond acceptors (Lipinski definition) is 4. The highest BCUT2D eigenvalue weighted by molar-refractivity contribution is 9.10. The average Bonchev–Trinajstić information content (AvgIpc) is 2.45. The van der Waals surface area contributed by atoms with Crippen LogP contribution >= 0.6 is 27.7 Å². The Balaban J connectivity index is 2.26. The highest BCUT2D eigenvalue weighted by Crippen LogP contribution is 2.27. The van der Waals surface area contributed by atoms with Crippen molar-refractivity contribution in [3.05, 3.63) is 57.2 Å². The Morgan fingerprint density at radius 3 is 2.81 bits per heavy atom. The van der Waals surface area contributed by atoms with Crippen LogP contribution in [0.5, 0.6) is 0 Å². The largest absolute Gasteiger partial charge is 0.294 e. The number of benzene rings is 1. The third kappa shape index (κ3) is 3.93. The minimum Gasteiger partial charge on any atom is -0.294 e. The van der Waals surface area contributed by atoms with E-state index in [9.17, 15) is 10.1 Å². The number of rotatable bonds is 4. The van der Waals surface area contributed by atoms with Crippen molar-refractivity contribution in [1.29, 1.82) is 5.26 Å². The lowest BCUT2D eigenvalue weighted by Gasteiger charge is -2.08. The van der Waals surface area contributed by atoms with Gasteiger partial charge in [-0.3, -0.25) is 4.79 Å². The molecule has 0 bridgehead atoms. The number of nitriles is 1. The lowest BCUT2D eigenvalue weighted by atomic mass is 10.1. The minimum atomic E-state index is -0.0694. The zero-order valence-electron chi connectivity index (χ0n) is 11.7. The van der Waals surface area contributed by atoms with Gasteiger partial charge in [0.05, 0.1) is 5.56 Å². The van der Waals surface area contributed by atoms with Crippen LogP contribution in [0, 0.1) is 18.3 Å². The third-order valence-electron chi connectivity index (χ3n) is 2.94. The number of carbonyl (C=O) groups is 1. The number of carbonyl (C=O) groups excluding carboxylic acids is 1. The second-order valence-electron chi connectivity index (χ2n) is 4.56. The fraction of sp³-hybridized carbons (Fsp3) is 0.188. The van der Waals surface area contributed by atoms with E-state index in [1.807, 2.05) is 24.3 Å². The zero-order chi connectivity index (χ0) is 15.4. The van der Waals surface area contributed by atoms with E-state index in [1.165, 1.54) is 18.7 Å². The quantitative estimate of drug-likeness (QED) is 0.594. The number of Topliss-reactive ketones (excluding diaryl/α,β-unsaturated/α-hetero) is 1. The summed E-state index contributed by atoms with van der Waals surface area (Å²) < 4.78 is 1.03. The van der Waals surface area contributed by atoms with Gasteiger partial charge in [-0.25, -0.2) is 4.98 Å². The molecule has 0 amide bonds. The van der Waals surface area contributed by atoms with Crippen LogP contribution in [0.3, 0.4) is 0 Å². The molecule has 0 saturated carbocycles. The van der Waals surface area contributed by atoms with Crippen LogP contribution in [0.2, 0.25) is 0 Å². The normalized spacial score (nSPS) is 10.2. The molecule has 0 N–H and O–H groups in total. The Kier molecular flexibility index (Phi) is 5.16. The fourth-order valence-corrected chi connectivity index (χ4v) is 3.30. The summed E-state index contributed by atoms with van der Waals surface area (Å²) >= 11 is 4.94. The lowest BCUT2D eigenvalue weighted by molar-refractivity contribution is 0.101. The van der Waals surface area contributed by atoms with E-state index in [4.69, 9.17) is 0 Å². The Morgan fingerprint density at radius 1 is 1.43 bits per heavy atom. The monoisotopic (exact) mass is 360 g/mol. The molecular weight excluding hydrogens is 348 g/mol. The maximum absolute atomic E-state index is 11.5. The number of ketones is 1. The first-order chi connectivity index (χ1) is 10.0. The van der Waals surface area contributed by atoms with Gasteiger partial charge in [-0.1, -0.05) is 28.1 Å². The summed E-state index contributed by atoms with van der Waals surface area (Å²) in [6, 6.07) is 11.8. The number of pyridine rings is 1. The van der Waals surface area contributed by atoms with E-state index >= 15 is 0 Å². The van der Waals surface area contributed by atoms with Crippen molar-refractivity contribution in [2.75, 3.05) is 0 Å². The first-order valence-corrected chi connectivity index (χ1v) is 8.09. The fourth-order valence-electron chi connectivity index (χ4n) is 1.91. The third-order valence-corrected chi connectivity index (χ3v) is 4.50. The molecule has 0 radical (unpaired) electrons. The molecule has 1 aromatic carbocycles. The van der Waals surface area contributed by atoms with Crippen LogP contribution in [-0.4, -0.2) is 10.8 Å². The van der Waals surface area contributed by atoms with Gasteiger partial charge in [0.25, 0.3) is 0 Å². The van der Waals surface area contributed by atoms with Gasteiger partial charge in [0.2, 0.25) is 0 Å². The van der Waals surface area contributed by atoms with Crippen LogP contribution < -0.4 is 0 Å². The standard InChI is InChI=1S/C16H13BrN2OS/c1-10-15(11(2)20)7-13(8-18)16(19-10)21-9-12-4-3-5-14(17)6-12/h3-7H,9H2,1-2H3. The van der Waals surface area contributed by atoms with Gasteiger partial charge in [0.1, 0.15) is 11.1 Å². The van der Waals surface area contributed by atoms with E-state index in [1.54, 1.807) is 13.0 Å². The number of nitrogens with zero attached hydrogens (tertiary/aromatic N) is 2. The first-order valence-electron chi connectivity index (χ1n) is 6.31. The van der Waals surface area contributed by atoms with Gasteiger partial charge < -0.3 is 0 Å². The molecule has 0 aliphatic rings. The van der Waals surface area contributed by atoms with E-state index in [-0.39, 0.29) is 5.78 Å². The maximum atomic E-state index is 11.5. The molecule has 0 aliphatic carbocycles. The second-order valence-corrected chi connectivity index (χ2v) is 6.44. The molecule has 0 saturated heterocycles. The summed E-state index contributed by atoms with van der Waals surface area (Å²) in [5.41, 5.74) is 2.77. The second kappa shape index (κ2) is 6.88. The molecule has 106 valence electrons. The van der Waals surface area contributed by atoms with Crippen LogP contribution in [0.1, 0.15) is 34.1 Å². The predicted octanol–water partition coefficient (Wildman–Crippen LogP) is 4.52. The van der Waals surface area contributed by atoms with Gasteiger partial charge in [0, 0.05) is 21.5 Å². The van der Waals surface area contributed by atoms with Crippen molar-refractivity contribution in [3.8, 4) is 6.07 Å². The molecular formula is C16H13BrN2OS. The number of hydrogen-bond donors (Lipinski definition) is 0. The Hall–Kier alpha value is -1.64. The number of halogens is 1. The van der Waals surface area contributed by atoms with Crippen LogP contribution in [0.25, 0.3) is 0 Å². The van der Waals surface area contributed by atoms with E-state index < -0.39 is 0 Å². The number of thioether (sulfide) groups is 1. The van der Waals surface area contributed by atoms with E-state index in [2.05, 4.69) is 27.0 Å². The van der Waals surface area contributed by atoms with E-state index in [0.29, 0.717) is 21.8 Å². The van der Waals surface area contributed by atoms with Crippen molar-refractivity contribution >= 4 is 33.5 Å². The molecule has 3 nitrogen and oxygen atoms in total. The van der Waals surface area contributed by atoms with E-state index in [0.717, 1.165) is 15.8 Å². The highest BCUT2D eigenvalue weighted by atomic mass is 79.9. The molecule has 0 unspecified atom stereocenters. The highest BCUT2D eigenvalue weighted by Gasteiger charge is 2.12. The number of aromatic nitrogens is 1. The zero-order valence-corrected chi connectivity index (χ0v) is 14.1. The molecule has 5 heteroatoms. The van der Waals surface area contributed by atoms with Gasteiger partial charge in [-0.2, -0.15) is 5.26 Å². The Morgan fingerprint density at radius 2 is 2.19 bits per heavy atom. The summed E-state index contributed by atoms with van der Waals surface area (Å²) in [4.78, 5) is 15.9. The topological polar surface area (TPSA) is 53.8 Å². The molecule has 1 aromatic heterocycles. The Labute approximate surface area is 136 Å². The van der Waals surface area contributed by atoms with Crippen molar-refractivity contribution in [2.45, 2.75) is 24.6 Å². The first kappa shape index (κ1) is 15.7.